The molecule has 0 aliphatic carbocycles. The van der Waals surface area contributed by atoms with Crippen molar-refractivity contribution in [3.05, 3.63) is 97.2 Å². The summed E-state index contributed by atoms with van der Waals surface area (Å²) in [5.74, 6) is -0.813. The van der Waals surface area contributed by atoms with Crippen LogP contribution < -0.4 is 5.73 Å². The van der Waals surface area contributed by atoms with Gasteiger partial charge in [0.1, 0.15) is 6.61 Å². The molecule has 0 aliphatic rings. The van der Waals surface area contributed by atoms with Crippen molar-refractivity contribution < 1.29 is 37.6 Å². The summed E-state index contributed by atoms with van der Waals surface area (Å²) in [6, 6.07) is 0. The second-order valence-corrected chi connectivity index (χ2v) is 24.8. The predicted octanol–water partition coefficient (Wildman–Crippen LogP) is 23.1. The summed E-state index contributed by atoms with van der Waals surface area (Å²) in [7, 11) is -4.39. The van der Waals surface area contributed by atoms with E-state index >= 15 is 0 Å². The van der Waals surface area contributed by atoms with E-state index in [0.29, 0.717) is 6.42 Å². The van der Waals surface area contributed by atoms with Gasteiger partial charge in [-0.25, -0.2) is 4.57 Å². The minimum absolute atomic E-state index is 0.0530. The van der Waals surface area contributed by atoms with E-state index in [9.17, 15) is 19.0 Å². The van der Waals surface area contributed by atoms with E-state index < -0.39 is 26.5 Å². The van der Waals surface area contributed by atoms with Crippen molar-refractivity contribution in [1.82, 2.24) is 0 Å². The summed E-state index contributed by atoms with van der Waals surface area (Å²) in [5.41, 5.74) is 5.40. The minimum Gasteiger partial charge on any atom is -0.462 e. The monoisotopic (exact) mass is 1190 g/mol. The zero-order valence-corrected chi connectivity index (χ0v) is 55.5. The van der Waals surface area contributed by atoms with Gasteiger partial charge in [0, 0.05) is 19.4 Å². The van der Waals surface area contributed by atoms with E-state index in [0.717, 1.165) is 89.9 Å². The molecule has 486 valence electrons. The molecule has 84 heavy (non-hydrogen) atoms. The molecule has 0 amide bonds. The van der Waals surface area contributed by atoms with Gasteiger partial charge in [0.05, 0.1) is 13.2 Å². The van der Waals surface area contributed by atoms with Crippen LogP contribution in [0.1, 0.15) is 328 Å². The van der Waals surface area contributed by atoms with Crippen LogP contribution in [0.3, 0.4) is 0 Å². The zero-order chi connectivity index (χ0) is 60.9. The van der Waals surface area contributed by atoms with Crippen LogP contribution in [0.2, 0.25) is 0 Å². The first kappa shape index (κ1) is 80.9. The Balaban J connectivity index is 3.85. The number of esters is 2. The molecular formula is C74H132NO8P. The second-order valence-electron chi connectivity index (χ2n) is 23.4. The fourth-order valence-electron chi connectivity index (χ4n) is 10.1. The molecule has 0 saturated carbocycles. The fourth-order valence-corrected chi connectivity index (χ4v) is 10.8. The predicted molar refractivity (Wildman–Crippen MR) is 362 cm³/mol. The third kappa shape index (κ3) is 68.0. The van der Waals surface area contributed by atoms with E-state index in [1.807, 2.05) is 0 Å². The molecule has 0 aromatic carbocycles. The Bertz CT molecular complexity index is 1700. The van der Waals surface area contributed by atoms with Gasteiger partial charge in [-0.1, -0.05) is 336 Å². The molecule has 0 aliphatic heterocycles. The molecule has 3 N–H and O–H groups in total. The maximum Gasteiger partial charge on any atom is 0.472 e. The van der Waals surface area contributed by atoms with Crippen molar-refractivity contribution in [3.63, 3.8) is 0 Å². The largest absolute Gasteiger partial charge is 0.472 e. The summed E-state index contributed by atoms with van der Waals surface area (Å²) in [5, 5.41) is 0. The molecule has 0 saturated heterocycles. The molecular weight excluding hydrogens is 1060 g/mol. The third-order valence-electron chi connectivity index (χ3n) is 15.2. The van der Waals surface area contributed by atoms with Crippen LogP contribution in [0, 0.1) is 0 Å². The van der Waals surface area contributed by atoms with Crippen LogP contribution >= 0.6 is 7.82 Å². The number of allylic oxidation sites excluding steroid dienone is 16. The van der Waals surface area contributed by atoms with Gasteiger partial charge in [-0.05, 0) is 77.0 Å². The zero-order valence-electron chi connectivity index (χ0n) is 54.6. The van der Waals surface area contributed by atoms with Crippen molar-refractivity contribution in [2.75, 3.05) is 26.4 Å². The molecule has 0 rings (SSSR count). The van der Waals surface area contributed by atoms with Crippen LogP contribution in [-0.4, -0.2) is 49.3 Å². The highest BCUT2D eigenvalue weighted by Crippen LogP contribution is 2.43. The number of nitrogens with two attached hydrogens (primary N) is 1. The number of rotatable bonds is 66. The van der Waals surface area contributed by atoms with Crippen molar-refractivity contribution in [3.8, 4) is 0 Å². The second kappa shape index (κ2) is 69.0. The van der Waals surface area contributed by atoms with Crippen LogP contribution in [0.25, 0.3) is 0 Å². The number of carbonyl (C=O) groups is 2. The quantitative estimate of drug-likeness (QED) is 0.0264. The molecule has 0 heterocycles. The van der Waals surface area contributed by atoms with Crippen LogP contribution in [0.4, 0.5) is 0 Å². The number of carbonyl (C=O) groups excluding carboxylic acids is 2. The first-order chi connectivity index (χ1) is 41.3. The molecule has 0 radical (unpaired) electrons. The van der Waals surface area contributed by atoms with Gasteiger partial charge in [-0.3, -0.25) is 18.6 Å². The standard InChI is InChI=1S/C74H132NO8P/c1-3-5-7-9-11-13-15-17-19-21-23-25-27-28-29-30-31-32-33-34-35-36-37-38-39-40-41-42-43-44-45-47-49-51-53-55-57-59-61-63-65-67-74(77)83-72(71-82-84(78,79)81-69-68-75)70-80-73(76)66-64-62-60-58-56-54-52-50-48-46-26-24-22-20-18-16-14-12-10-8-6-4-2/h5,7,11,13,17,19,23,25,28-29,31-32,34-35,37-38,72H,3-4,6,8-10,12,14-16,18,20-22,24,26-27,30,33,36,39-71,75H2,1-2H3,(H,78,79)/b7-5-,13-11-,19-17-,25-23-,29-28-,32-31-,35-34-,38-37-. The number of unbranched alkanes of at least 4 members (excludes halogenated alkanes) is 37. The third-order valence-corrected chi connectivity index (χ3v) is 16.2. The van der Waals surface area contributed by atoms with E-state index in [1.165, 1.54) is 205 Å². The highest BCUT2D eigenvalue weighted by Gasteiger charge is 2.26. The number of hydrogen-bond donors (Lipinski definition) is 2. The summed E-state index contributed by atoms with van der Waals surface area (Å²) in [4.78, 5) is 35.3. The fraction of sp³-hybridized carbons (Fsp3) is 0.757. The normalized spacial score (nSPS) is 13.5. The lowest BCUT2D eigenvalue weighted by molar-refractivity contribution is -0.161. The van der Waals surface area contributed by atoms with E-state index in [-0.39, 0.29) is 38.6 Å². The first-order valence-electron chi connectivity index (χ1n) is 35.2. The molecule has 0 bridgehead atoms. The Hall–Kier alpha value is -3.07. The van der Waals surface area contributed by atoms with Crippen LogP contribution in [-0.2, 0) is 32.7 Å². The van der Waals surface area contributed by atoms with Crippen LogP contribution in [0.15, 0.2) is 97.2 Å². The van der Waals surface area contributed by atoms with Gasteiger partial charge in [0.15, 0.2) is 6.10 Å². The molecule has 0 aromatic heterocycles. The van der Waals surface area contributed by atoms with Gasteiger partial charge in [-0.2, -0.15) is 0 Å². The van der Waals surface area contributed by atoms with E-state index in [2.05, 4.69) is 111 Å². The summed E-state index contributed by atoms with van der Waals surface area (Å²) >= 11 is 0. The Kier molecular flexibility index (Phi) is 66.5. The highest BCUT2D eigenvalue weighted by atomic mass is 31.2. The van der Waals surface area contributed by atoms with Crippen molar-refractivity contribution in [2.45, 2.75) is 335 Å². The average Bonchev–Trinajstić information content (AvgIpc) is 3.55. The molecule has 10 heteroatoms. The topological polar surface area (TPSA) is 134 Å². The highest BCUT2D eigenvalue weighted by molar-refractivity contribution is 7.47. The summed E-state index contributed by atoms with van der Waals surface area (Å²) in [6.45, 7) is 3.68. The number of phosphoric ester groups is 1. The van der Waals surface area contributed by atoms with Gasteiger partial charge >= 0.3 is 19.8 Å². The van der Waals surface area contributed by atoms with Gasteiger partial charge in [0.2, 0.25) is 0 Å². The van der Waals surface area contributed by atoms with E-state index in [4.69, 9.17) is 24.3 Å². The van der Waals surface area contributed by atoms with E-state index in [1.54, 1.807) is 0 Å². The molecule has 2 unspecified atom stereocenters. The molecule has 0 aromatic rings. The average molecular weight is 1190 g/mol. The first-order valence-corrected chi connectivity index (χ1v) is 36.7. The Labute approximate surface area is 518 Å². The Morgan fingerprint density at radius 3 is 0.976 bits per heavy atom. The lowest BCUT2D eigenvalue weighted by atomic mass is 10.0. The Morgan fingerprint density at radius 2 is 0.655 bits per heavy atom. The lowest BCUT2D eigenvalue weighted by Gasteiger charge is -2.19. The SMILES string of the molecule is CC/C=C\C/C=C\C/C=C\C/C=C\C/C=C\C/C=C\C/C=C\C/C=C\CCCCCCCCCCCCCCCCCCC(=O)OC(COC(=O)CCCCCCCCCCCCCCCCCCCCCCCC)COP(=O)(O)OCCN. The van der Waals surface area contributed by atoms with Crippen LogP contribution in [0.5, 0.6) is 0 Å². The van der Waals surface area contributed by atoms with Crippen molar-refractivity contribution in [2.24, 2.45) is 5.73 Å². The Morgan fingerprint density at radius 1 is 0.369 bits per heavy atom. The lowest BCUT2D eigenvalue weighted by Crippen LogP contribution is -2.29. The van der Waals surface area contributed by atoms with Crippen molar-refractivity contribution in [1.29, 1.82) is 0 Å². The maximum atomic E-state index is 12.8. The number of ether oxygens (including phenoxy) is 2. The molecule has 0 fully saturated rings. The number of phosphoric acid groups is 1. The molecule has 9 nitrogen and oxygen atoms in total. The summed E-state index contributed by atoms with van der Waals surface area (Å²) in [6.07, 6.45) is 93.6. The van der Waals surface area contributed by atoms with Gasteiger partial charge < -0.3 is 20.1 Å². The van der Waals surface area contributed by atoms with Gasteiger partial charge in [-0.15, -0.1) is 0 Å². The summed E-state index contributed by atoms with van der Waals surface area (Å²) < 4.78 is 33.2. The minimum atomic E-state index is -4.39. The molecule has 0 spiro atoms. The smallest absolute Gasteiger partial charge is 0.462 e. The maximum absolute atomic E-state index is 12.8. The number of hydrogen-bond acceptors (Lipinski definition) is 8. The molecule has 2 atom stereocenters. The van der Waals surface area contributed by atoms with Crippen molar-refractivity contribution >= 4 is 19.8 Å². The van der Waals surface area contributed by atoms with Gasteiger partial charge in [0.25, 0.3) is 0 Å².